The molecule has 4 rings (SSSR count). The zero-order valence-corrected chi connectivity index (χ0v) is 17.4. The zero-order chi connectivity index (χ0) is 21.6. The highest BCUT2D eigenvalue weighted by atomic mass is 16.5. The minimum Gasteiger partial charge on any atom is -0.494 e. The van der Waals surface area contributed by atoms with Gasteiger partial charge in [-0.3, -0.25) is 4.79 Å². The van der Waals surface area contributed by atoms with E-state index in [-0.39, 0.29) is 11.9 Å². The van der Waals surface area contributed by atoms with Gasteiger partial charge in [0.2, 0.25) is 0 Å². The SMILES string of the molecule is CCOc1ccc(NC(=O)Nc2ccc3c(c2)CN(C(=O)c2ccccc2)CC3)cc1. The van der Waals surface area contributed by atoms with Crippen molar-refractivity contribution in [2.75, 3.05) is 23.8 Å². The van der Waals surface area contributed by atoms with Crippen LogP contribution >= 0.6 is 0 Å². The number of carbonyl (C=O) groups is 2. The molecular formula is C25H25N3O3. The average molecular weight is 415 g/mol. The van der Waals surface area contributed by atoms with E-state index in [0.29, 0.717) is 36.6 Å². The van der Waals surface area contributed by atoms with Crippen molar-refractivity contribution in [3.05, 3.63) is 89.5 Å². The molecule has 2 N–H and O–H groups in total. The molecule has 158 valence electrons. The van der Waals surface area contributed by atoms with Crippen molar-refractivity contribution >= 4 is 23.3 Å². The lowest BCUT2D eigenvalue weighted by Gasteiger charge is -2.29. The zero-order valence-electron chi connectivity index (χ0n) is 17.4. The molecule has 1 heterocycles. The molecule has 3 aromatic rings. The highest BCUT2D eigenvalue weighted by molar-refractivity contribution is 6.00. The van der Waals surface area contributed by atoms with E-state index in [0.717, 1.165) is 17.7 Å². The van der Waals surface area contributed by atoms with Crippen molar-refractivity contribution in [3.8, 4) is 5.75 Å². The largest absolute Gasteiger partial charge is 0.494 e. The third kappa shape index (κ3) is 5.04. The van der Waals surface area contributed by atoms with Crippen molar-refractivity contribution in [2.24, 2.45) is 0 Å². The predicted octanol–water partition coefficient (Wildman–Crippen LogP) is 4.93. The van der Waals surface area contributed by atoms with Crippen LogP contribution in [0.3, 0.4) is 0 Å². The van der Waals surface area contributed by atoms with Crippen LogP contribution in [-0.2, 0) is 13.0 Å². The van der Waals surface area contributed by atoms with E-state index in [1.54, 1.807) is 12.1 Å². The third-order valence-electron chi connectivity index (χ3n) is 5.21. The van der Waals surface area contributed by atoms with Gasteiger partial charge in [-0.25, -0.2) is 4.79 Å². The first-order valence-corrected chi connectivity index (χ1v) is 10.4. The normalized spacial score (nSPS) is 12.6. The summed E-state index contributed by atoms with van der Waals surface area (Å²) in [5.74, 6) is 0.788. The minimum atomic E-state index is -0.322. The summed E-state index contributed by atoms with van der Waals surface area (Å²) in [5, 5.41) is 5.69. The fourth-order valence-electron chi connectivity index (χ4n) is 3.67. The van der Waals surface area contributed by atoms with Gasteiger partial charge >= 0.3 is 6.03 Å². The second kappa shape index (κ2) is 9.34. The molecule has 0 aromatic heterocycles. The van der Waals surface area contributed by atoms with Crippen molar-refractivity contribution in [1.29, 1.82) is 0 Å². The van der Waals surface area contributed by atoms with E-state index in [4.69, 9.17) is 4.74 Å². The lowest BCUT2D eigenvalue weighted by Crippen LogP contribution is -2.36. The monoisotopic (exact) mass is 415 g/mol. The van der Waals surface area contributed by atoms with Gasteiger partial charge < -0.3 is 20.3 Å². The summed E-state index contributed by atoms with van der Waals surface area (Å²) < 4.78 is 5.41. The number of amides is 3. The number of nitrogens with zero attached hydrogens (tertiary/aromatic N) is 1. The summed E-state index contributed by atoms with van der Waals surface area (Å²) in [6.45, 7) is 3.74. The summed E-state index contributed by atoms with van der Waals surface area (Å²) in [6.07, 6.45) is 0.798. The van der Waals surface area contributed by atoms with Gasteiger partial charge in [0.1, 0.15) is 5.75 Å². The maximum absolute atomic E-state index is 12.8. The van der Waals surface area contributed by atoms with Crippen LogP contribution in [0.2, 0.25) is 0 Å². The molecule has 1 aliphatic heterocycles. The van der Waals surface area contributed by atoms with Crippen molar-refractivity contribution in [3.63, 3.8) is 0 Å². The van der Waals surface area contributed by atoms with Crippen LogP contribution in [0.4, 0.5) is 16.2 Å². The molecule has 0 spiro atoms. The topological polar surface area (TPSA) is 70.7 Å². The number of hydrogen-bond acceptors (Lipinski definition) is 3. The van der Waals surface area contributed by atoms with E-state index in [1.165, 1.54) is 5.56 Å². The summed E-state index contributed by atoms with van der Waals surface area (Å²) in [4.78, 5) is 27.0. The molecular weight excluding hydrogens is 390 g/mol. The van der Waals surface area contributed by atoms with Gasteiger partial charge in [-0.15, -0.1) is 0 Å². The molecule has 0 unspecified atom stereocenters. The van der Waals surface area contributed by atoms with Crippen LogP contribution < -0.4 is 15.4 Å². The number of rotatable bonds is 5. The number of benzene rings is 3. The number of hydrogen-bond donors (Lipinski definition) is 2. The van der Waals surface area contributed by atoms with E-state index in [9.17, 15) is 9.59 Å². The maximum Gasteiger partial charge on any atom is 0.323 e. The number of urea groups is 1. The van der Waals surface area contributed by atoms with Gasteiger partial charge in [0, 0.05) is 30.0 Å². The average Bonchev–Trinajstić information content (AvgIpc) is 2.80. The summed E-state index contributed by atoms with van der Waals surface area (Å²) >= 11 is 0. The lowest BCUT2D eigenvalue weighted by atomic mass is 9.98. The van der Waals surface area contributed by atoms with E-state index >= 15 is 0 Å². The van der Waals surface area contributed by atoms with Crippen LogP contribution in [-0.4, -0.2) is 30.0 Å². The molecule has 0 radical (unpaired) electrons. The Bertz CT molecular complexity index is 1070. The first-order chi connectivity index (χ1) is 15.1. The molecule has 0 fully saturated rings. The molecule has 0 saturated heterocycles. The molecule has 6 nitrogen and oxygen atoms in total. The lowest BCUT2D eigenvalue weighted by molar-refractivity contribution is 0.0734. The quantitative estimate of drug-likeness (QED) is 0.621. The Kier molecular flexibility index (Phi) is 6.17. The second-order valence-electron chi connectivity index (χ2n) is 7.36. The number of anilines is 2. The number of carbonyl (C=O) groups excluding carboxylic acids is 2. The molecule has 3 amide bonds. The summed E-state index contributed by atoms with van der Waals surface area (Å²) in [5.41, 5.74) is 4.31. The Balaban J connectivity index is 1.40. The predicted molar refractivity (Wildman–Crippen MR) is 122 cm³/mol. The number of nitrogens with one attached hydrogen (secondary N) is 2. The summed E-state index contributed by atoms with van der Waals surface area (Å²) in [6, 6.07) is 22.1. The molecule has 0 atom stereocenters. The first-order valence-electron chi connectivity index (χ1n) is 10.4. The molecule has 1 aliphatic rings. The van der Waals surface area contributed by atoms with Gasteiger partial charge in [-0.2, -0.15) is 0 Å². The van der Waals surface area contributed by atoms with Crippen LogP contribution in [0.5, 0.6) is 5.75 Å². The third-order valence-corrected chi connectivity index (χ3v) is 5.21. The van der Waals surface area contributed by atoms with Gasteiger partial charge in [0.25, 0.3) is 5.91 Å². The molecule has 0 saturated carbocycles. The number of fused-ring (bicyclic) bond motifs is 1. The molecule has 0 aliphatic carbocycles. The molecule has 0 bridgehead atoms. The van der Waals surface area contributed by atoms with Gasteiger partial charge in [0.05, 0.1) is 6.61 Å². The van der Waals surface area contributed by atoms with Crippen molar-refractivity contribution in [1.82, 2.24) is 4.90 Å². The van der Waals surface area contributed by atoms with E-state index in [1.807, 2.05) is 72.5 Å². The van der Waals surface area contributed by atoms with Gasteiger partial charge in [-0.05, 0) is 73.0 Å². The Morgan fingerprint density at radius 3 is 2.35 bits per heavy atom. The maximum atomic E-state index is 12.8. The van der Waals surface area contributed by atoms with Gasteiger partial charge in [-0.1, -0.05) is 24.3 Å². The summed E-state index contributed by atoms with van der Waals surface area (Å²) in [7, 11) is 0. The Morgan fingerprint density at radius 2 is 1.61 bits per heavy atom. The Morgan fingerprint density at radius 1 is 0.903 bits per heavy atom. The smallest absolute Gasteiger partial charge is 0.323 e. The van der Waals surface area contributed by atoms with Crippen LogP contribution in [0.1, 0.15) is 28.4 Å². The highest BCUT2D eigenvalue weighted by Gasteiger charge is 2.22. The molecule has 3 aromatic carbocycles. The number of ether oxygens (including phenoxy) is 1. The van der Waals surface area contributed by atoms with Crippen molar-refractivity contribution in [2.45, 2.75) is 19.9 Å². The minimum absolute atomic E-state index is 0.0258. The highest BCUT2D eigenvalue weighted by Crippen LogP contribution is 2.24. The van der Waals surface area contributed by atoms with Crippen LogP contribution in [0.15, 0.2) is 72.8 Å². The Hall–Kier alpha value is -3.80. The Labute approximate surface area is 181 Å². The fraction of sp³-hybridized carbons (Fsp3) is 0.200. The van der Waals surface area contributed by atoms with E-state index < -0.39 is 0 Å². The van der Waals surface area contributed by atoms with E-state index in [2.05, 4.69) is 10.6 Å². The van der Waals surface area contributed by atoms with Crippen molar-refractivity contribution < 1.29 is 14.3 Å². The molecule has 31 heavy (non-hydrogen) atoms. The molecule has 6 heteroatoms. The first kappa shape index (κ1) is 20.5. The fourth-order valence-corrected chi connectivity index (χ4v) is 3.67. The van der Waals surface area contributed by atoms with Crippen LogP contribution in [0, 0.1) is 0 Å². The standard InChI is InChI=1S/C25H25N3O3/c1-2-31-23-12-10-21(11-13-23)26-25(30)27-22-9-8-18-14-15-28(17-20(18)16-22)24(29)19-6-4-3-5-7-19/h3-13,16H,2,14-15,17H2,1H3,(H2,26,27,30). The van der Waals surface area contributed by atoms with Crippen LogP contribution in [0.25, 0.3) is 0 Å². The second-order valence-corrected chi connectivity index (χ2v) is 7.36. The van der Waals surface area contributed by atoms with Gasteiger partial charge in [0.15, 0.2) is 0 Å².